The van der Waals surface area contributed by atoms with Crippen molar-refractivity contribution in [1.82, 2.24) is 4.98 Å². The molecule has 0 radical (unpaired) electrons. The molecular weight excluding hydrogens is 222 g/mol. The molecule has 0 amide bonds. The van der Waals surface area contributed by atoms with E-state index >= 15 is 0 Å². The number of ether oxygens (including phenoxy) is 2. The minimum atomic E-state index is -0.419. The molecule has 0 bridgehead atoms. The smallest absolute Gasteiger partial charge is 0.330 e. The third-order valence-electron chi connectivity index (χ3n) is 1.79. The van der Waals surface area contributed by atoms with Gasteiger partial charge in [0.1, 0.15) is 18.1 Å². The fraction of sp³-hybridized carbons (Fsp3) is 0.250. The van der Waals surface area contributed by atoms with Gasteiger partial charge in [-0.1, -0.05) is 0 Å². The van der Waals surface area contributed by atoms with Gasteiger partial charge in [0, 0.05) is 12.3 Å². The largest absolute Gasteiger partial charge is 0.487 e. The van der Waals surface area contributed by atoms with Crippen LogP contribution in [0.25, 0.3) is 0 Å². The minimum absolute atomic E-state index is 0.172. The lowest BCUT2D eigenvalue weighted by Gasteiger charge is -2.03. The van der Waals surface area contributed by atoms with Crippen LogP contribution >= 0.6 is 0 Å². The highest BCUT2D eigenvalue weighted by molar-refractivity contribution is 5.81. The van der Waals surface area contributed by atoms with Crippen LogP contribution in [-0.4, -0.2) is 30.5 Å². The molecule has 0 aliphatic carbocycles. The number of aldehydes is 1. The van der Waals surface area contributed by atoms with Gasteiger partial charge in [0.15, 0.2) is 6.29 Å². The maximum atomic E-state index is 10.9. The van der Waals surface area contributed by atoms with Crippen molar-refractivity contribution in [3.05, 3.63) is 36.2 Å². The Kier molecular flexibility index (Phi) is 5.43. The molecule has 1 aromatic heterocycles. The van der Waals surface area contributed by atoms with Crippen molar-refractivity contribution < 1.29 is 19.1 Å². The maximum absolute atomic E-state index is 10.9. The van der Waals surface area contributed by atoms with Crippen LogP contribution in [0, 0.1) is 0 Å². The normalized spacial score (nSPS) is 10.2. The van der Waals surface area contributed by atoms with Crippen molar-refractivity contribution in [2.24, 2.45) is 0 Å². The molecule has 0 atom stereocenters. The van der Waals surface area contributed by atoms with Gasteiger partial charge in [-0.15, -0.1) is 0 Å². The number of carbonyl (C=O) groups is 2. The Morgan fingerprint density at radius 2 is 2.35 bits per heavy atom. The summed E-state index contributed by atoms with van der Waals surface area (Å²) in [5.41, 5.74) is 0.233. The van der Waals surface area contributed by atoms with E-state index in [1.807, 2.05) is 0 Å². The first-order valence-electron chi connectivity index (χ1n) is 5.14. The number of hydrogen-bond acceptors (Lipinski definition) is 5. The summed E-state index contributed by atoms with van der Waals surface area (Å²) in [6.45, 7) is 2.24. The van der Waals surface area contributed by atoms with E-state index in [0.29, 0.717) is 18.6 Å². The Morgan fingerprint density at radius 3 is 3.06 bits per heavy atom. The van der Waals surface area contributed by atoms with Crippen LogP contribution in [-0.2, 0) is 9.53 Å². The second-order valence-electron chi connectivity index (χ2n) is 2.97. The molecule has 0 spiro atoms. The van der Waals surface area contributed by atoms with E-state index in [0.717, 1.165) is 0 Å². The lowest BCUT2D eigenvalue weighted by molar-refractivity contribution is -0.137. The van der Waals surface area contributed by atoms with Crippen molar-refractivity contribution in [3.63, 3.8) is 0 Å². The first-order chi connectivity index (χ1) is 8.27. The molecule has 5 heteroatoms. The Balaban J connectivity index is 2.45. The van der Waals surface area contributed by atoms with Crippen molar-refractivity contribution in [2.45, 2.75) is 6.92 Å². The fourth-order valence-electron chi connectivity index (χ4n) is 1.09. The number of rotatable bonds is 6. The van der Waals surface area contributed by atoms with Crippen molar-refractivity contribution >= 4 is 12.3 Å². The number of hydrogen-bond donors (Lipinski definition) is 0. The van der Waals surface area contributed by atoms with Gasteiger partial charge in [-0.2, -0.15) is 0 Å². The summed E-state index contributed by atoms with van der Waals surface area (Å²) < 4.78 is 9.96. The van der Waals surface area contributed by atoms with Gasteiger partial charge in [0.25, 0.3) is 0 Å². The second kappa shape index (κ2) is 7.16. The molecule has 0 saturated carbocycles. The van der Waals surface area contributed by atoms with Crippen LogP contribution in [0.1, 0.15) is 17.4 Å². The zero-order chi connectivity index (χ0) is 12.5. The molecule has 5 nitrogen and oxygen atoms in total. The summed E-state index contributed by atoms with van der Waals surface area (Å²) in [5, 5.41) is 0. The lowest BCUT2D eigenvalue weighted by atomic mass is 10.3. The van der Waals surface area contributed by atoms with Crippen LogP contribution in [0.5, 0.6) is 5.75 Å². The summed E-state index contributed by atoms with van der Waals surface area (Å²) in [4.78, 5) is 25.4. The highest BCUT2D eigenvalue weighted by Crippen LogP contribution is 2.12. The van der Waals surface area contributed by atoms with Gasteiger partial charge in [-0.3, -0.25) is 4.79 Å². The fourth-order valence-corrected chi connectivity index (χ4v) is 1.09. The predicted molar refractivity (Wildman–Crippen MR) is 60.9 cm³/mol. The molecule has 90 valence electrons. The maximum Gasteiger partial charge on any atom is 0.330 e. The number of nitrogens with zero attached hydrogens (tertiary/aromatic N) is 1. The van der Waals surface area contributed by atoms with E-state index < -0.39 is 5.97 Å². The zero-order valence-corrected chi connectivity index (χ0v) is 9.46. The summed E-state index contributed by atoms with van der Waals surface area (Å²) in [6, 6.07) is 3.30. The highest BCUT2D eigenvalue weighted by atomic mass is 16.5. The summed E-state index contributed by atoms with van der Waals surface area (Å²) in [5.74, 6) is -0.0334. The first-order valence-corrected chi connectivity index (χ1v) is 5.14. The molecule has 0 aliphatic heterocycles. The Morgan fingerprint density at radius 1 is 1.53 bits per heavy atom. The molecule has 1 heterocycles. The lowest BCUT2D eigenvalue weighted by Crippen LogP contribution is -2.02. The van der Waals surface area contributed by atoms with Gasteiger partial charge >= 0.3 is 5.97 Å². The van der Waals surface area contributed by atoms with E-state index in [-0.39, 0.29) is 12.3 Å². The molecule has 0 aromatic carbocycles. The van der Waals surface area contributed by atoms with Crippen molar-refractivity contribution in [1.29, 1.82) is 0 Å². The van der Waals surface area contributed by atoms with Crippen LogP contribution < -0.4 is 4.74 Å². The molecule has 0 aliphatic rings. The van der Waals surface area contributed by atoms with E-state index in [4.69, 9.17) is 4.74 Å². The van der Waals surface area contributed by atoms with E-state index in [9.17, 15) is 9.59 Å². The van der Waals surface area contributed by atoms with Crippen LogP contribution in [0.4, 0.5) is 0 Å². The Bertz CT molecular complexity index is 415. The number of aromatic nitrogens is 1. The second-order valence-corrected chi connectivity index (χ2v) is 2.97. The van der Waals surface area contributed by atoms with E-state index in [1.54, 1.807) is 19.1 Å². The SMILES string of the molecule is CCOC(=O)C=CCOc1cccnc1C=O. The van der Waals surface area contributed by atoms with Crippen molar-refractivity contribution in [2.75, 3.05) is 13.2 Å². The number of esters is 1. The summed E-state index contributed by atoms with van der Waals surface area (Å²) in [6.07, 6.45) is 4.91. The average molecular weight is 235 g/mol. The molecule has 0 unspecified atom stereocenters. The summed E-state index contributed by atoms with van der Waals surface area (Å²) >= 11 is 0. The van der Waals surface area contributed by atoms with Gasteiger partial charge in [-0.25, -0.2) is 9.78 Å². The molecule has 0 saturated heterocycles. The third kappa shape index (κ3) is 4.46. The first kappa shape index (κ1) is 12.9. The molecule has 1 rings (SSSR count). The third-order valence-corrected chi connectivity index (χ3v) is 1.79. The molecular formula is C12H13NO4. The molecule has 1 aromatic rings. The van der Waals surface area contributed by atoms with E-state index in [1.165, 1.54) is 18.3 Å². The topological polar surface area (TPSA) is 65.5 Å². The Labute approximate surface area is 99.1 Å². The monoisotopic (exact) mass is 235 g/mol. The van der Waals surface area contributed by atoms with Crippen LogP contribution in [0.2, 0.25) is 0 Å². The van der Waals surface area contributed by atoms with Crippen molar-refractivity contribution in [3.8, 4) is 5.75 Å². The zero-order valence-electron chi connectivity index (χ0n) is 9.46. The quantitative estimate of drug-likeness (QED) is 0.423. The molecule has 0 N–H and O–H groups in total. The van der Waals surface area contributed by atoms with Gasteiger partial charge < -0.3 is 9.47 Å². The molecule has 0 fully saturated rings. The van der Waals surface area contributed by atoms with Crippen LogP contribution in [0.15, 0.2) is 30.5 Å². The number of carbonyl (C=O) groups excluding carboxylic acids is 2. The average Bonchev–Trinajstić information content (AvgIpc) is 2.35. The Hall–Kier alpha value is -2.17. The predicted octanol–water partition coefficient (Wildman–Crippen LogP) is 1.39. The highest BCUT2D eigenvalue weighted by Gasteiger charge is 2.01. The minimum Gasteiger partial charge on any atom is -0.487 e. The standard InChI is InChI=1S/C12H13NO4/c1-2-16-12(15)6-4-8-17-11-5-3-7-13-10(11)9-14/h3-7,9H,2,8H2,1H3. The van der Waals surface area contributed by atoms with Gasteiger partial charge in [0.05, 0.1) is 6.61 Å². The van der Waals surface area contributed by atoms with Crippen LogP contribution in [0.3, 0.4) is 0 Å². The summed E-state index contributed by atoms with van der Waals surface area (Å²) in [7, 11) is 0. The molecule has 17 heavy (non-hydrogen) atoms. The van der Waals surface area contributed by atoms with E-state index in [2.05, 4.69) is 9.72 Å². The number of pyridine rings is 1. The van der Waals surface area contributed by atoms with Gasteiger partial charge in [-0.05, 0) is 25.1 Å². The van der Waals surface area contributed by atoms with Gasteiger partial charge in [0.2, 0.25) is 0 Å².